The fourth-order valence-corrected chi connectivity index (χ4v) is 4.35. The molecule has 0 fully saturated rings. The van der Waals surface area contributed by atoms with E-state index in [1.807, 2.05) is 24.3 Å². The van der Waals surface area contributed by atoms with Gasteiger partial charge in [0.25, 0.3) is 0 Å². The number of hydrogen-bond donors (Lipinski definition) is 1. The Hall–Kier alpha value is -2.27. The molecule has 0 bridgehead atoms. The van der Waals surface area contributed by atoms with Gasteiger partial charge in [0.1, 0.15) is 12.4 Å². The van der Waals surface area contributed by atoms with E-state index in [0.29, 0.717) is 6.61 Å². The third-order valence-electron chi connectivity index (χ3n) is 5.40. The Morgan fingerprint density at radius 1 is 0.966 bits per heavy atom. The summed E-state index contributed by atoms with van der Waals surface area (Å²) in [5.41, 5.74) is 6.22. The van der Waals surface area contributed by atoms with Gasteiger partial charge in [-0.05, 0) is 53.1 Å². The number of hydrogen-bond acceptors (Lipinski definition) is 4. The van der Waals surface area contributed by atoms with E-state index in [-0.39, 0.29) is 0 Å². The maximum Gasteiger partial charge on any atom is 0.133 e. The first-order chi connectivity index (χ1) is 14.1. The first kappa shape index (κ1) is 20.0. The number of rotatable bonds is 7. The number of nitrogens with zero attached hydrogens (tertiary/aromatic N) is 1. The molecule has 0 aromatic heterocycles. The van der Waals surface area contributed by atoms with E-state index in [9.17, 15) is 5.11 Å². The van der Waals surface area contributed by atoms with Crippen LogP contribution in [0.1, 0.15) is 40.8 Å². The molecule has 0 aliphatic carbocycles. The first-order valence-electron chi connectivity index (χ1n) is 9.98. The highest BCUT2D eigenvalue weighted by atomic mass is 32.2. The van der Waals surface area contributed by atoms with Crippen LogP contribution >= 0.6 is 11.8 Å². The van der Waals surface area contributed by atoms with Crippen molar-refractivity contribution in [2.75, 3.05) is 6.26 Å². The third kappa shape index (κ3) is 4.84. The summed E-state index contributed by atoms with van der Waals surface area (Å²) in [6, 6.07) is 23.2. The van der Waals surface area contributed by atoms with Gasteiger partial charge >= 0.3 is 0 Å². The molecule has 150 valence electrons. The molecule has 1 atom stereocenters. The molecule has 4 heteroatoms. The van der Waals surface area contributed by atoms with Crippen molar-refractivity contribution in [2.24, 2.45) is 0 Å². The van der Waals surface area contributed by atoms with Gasteiger partial charge in [-0.1, -0.05) is 54.6 Å². The summed E-state index contributed by atoms with van der Waals surface area (Å²) in [5.74, 6) is 0.922. The molecule has 3 aromatic rings. The van der Waals surface area contributed by atoms with Crippen LogP contribution in [0.25, 0.3) is 0 Å². The van der Waals surface area contributed by atoms with Crippen molar-refractivity contribution in [3.63, 3.8) is 0 Å². The molecule has 0 radical (unpaired) electrons. The average molecular weight is 406 g/mol. The van der Waals surface area contributed by atoms with Crippen LogP contribution in [0, 0.1) is 0 Å². The van der Waals surface area contributed by atoms with Gasteiger partial charge in [-0.25, -0.2) is 0 Å². The molecule has 1 aliphatic heterocycles. The van der Waals surface area contributed by atoms with E-state index in [0.717, 1.165) is 36.5 Å². The summed E-state index contributed by atoms with van der Waals surface area (Å²) in [6.07, 6.45) is 1.65. The highest BCUT2D eigenvalue weighted by molar-refractivity contribution is 7.98. The van der Waals surface area contributed by atoms with Crippen molar-refractivity contribution >= 4 is 11.8 Å². The number of thioether (sulfide) groups is 1. The predicted molar refractivity (Wildman–Crippen MR) is 119 cm³/mol. The molecular formula is C25H27NO2S. The highest BCUT2D eigenvalue weighted by Gasteiger charge is 2.18. The average Bonchev–Trinajstić information content (AvgIpc) is 3.15. The molecule has 1 unspecified atom stereocenters. The lowest BCUT2D eigenvalue weighted by Gasteiger charge is -2.17. The van der Waals surface area contributed by atoms with Crippen molar-refractivity contribution in [1.82, 2.24) is 4.90 Å². The van der Waals surface area contributed by atoms with Gasteiger partial charge in [0.2, 0.25) is 0 Å². The van der Waals surface area contributed by atoms with Crippen LogP contribution in [0.15, 0.2) is 71.6 Å². The summed E-state index contributed by atoms with van der Waals surface area (Å²) in [7, 11) is 0. The van der Waals surface area contributed by atoms with Crippen LogP contribution in [0.3, 0.4) is 0 Å². The molecule has 0 spiro atoms. The maximum atomic E-state index is 9.63. The molecule has 1 aliphatic rings. The quantitative estimate of drug-likeness (QED) is 0.522. The van der Waals surface area contributed by atoms with Gasteiger partial charge in [0.05, 0.1) is 6.10 Å². The van der Waals surface area contributed by atoms with E-state index in [1.54, 1.807) is 18.7 Å². The predicted octanol–water partition coefficient (Wildman–Crippen LogP) is 5.56. The Morgan fingerprint density at radius 2 is 1.62 bits per heavy atom. The minimum atomic E-state index is -0.441. The van der Waals surface area contributed by atoms with E-state index in [1.165, 1.54) is 21.6 Å². The van der Waals surface area contributed by atoms with Crippen molar-refractivity contribution in [1.29, 1.82) is 0 Å². The van der Waals surface area contributed by atoms with Gasteiger partial charge in [0.15, 0.2) is 0 Å². The fraction of sp³-hybridized carbons (Fsp3) is 0.280. The van der Waals surface area contributed by atoms with Gasteiger partial charge in [-0.3, -0.25) is 4.90 Å². The molecule has 4 rings (SSSR count). The molecular weight excluding hydrogens is 378 g/mol. The summed E-state index contributed by atoms with van der Waals surface area (Å²) in [5, 5.41) is 9.63. The Kier molecular flexibility index (Phi) is 6.24. The lowest BCUT2D eigenvalue weighted by atomic mass is 10.1. The fourth-order valence-electron chi connectivity index (χ4n) is 3.76. The van der Waals surface area contributed by atoms with Crippen molar-refractivity contribution < 1.29 is 9.84 Å². The van der Waals surface area contributed by atoms with Crippen LogP contribution in [0.5, 0.6) is 5.75 Å². The highest BCUT2D eigenvalue weighted by Crippen LogP contribution is 2.31. The Balaban J connectivity index is 1.39. The smallest absolute Gasteiger partial charge is 0.133 e. The van der Waals surface area contributed by atoms with Crippen molar-refractivity contribution in [3.8, 4) is 5.75 Å². The zero-order valence-electron chi connectivity index (χ0n) is 17.0. The Labute approximate surface area is 177 Å². The number of fused-ring (bicyclic) bond motifs is 1. The molecule has 29 heavy (non-hydrogen) atoms. The SMILES string of the molecule is CSc1cc(CN2Cc3ccccc3C2)ccc1OCc1ccc(C(C)O)cc1. The second-order valence-electron chi connectivity index (χ2n) is 7.61. The van der Waals surface area contributed by atoms with Crippen LogP contribution in [-0.2, 0) is 26.2 Å². The standard InChI is InChI=1S/C25H27NO2S/c1-18(27)21-10-7-19(8-11-21)17-28-24-12-9-20(13-25(24)29-2)14-26-15-22-5-3-4-6-23(22)16-26/h3-13,18,27H,14-17H2,1-2H3. The normalized spacial score (nSPS) is 14.6. The summed E-state index contributed by atoms with van der Waals surface area (Å²) in [4.78, 5) is 3.65. The lowest BCUT2D eigenvalue weighted by Crippen LogP contribution is -2.15. The Morgan fingerprint density at radius 3 is 2.24 bits per heavy atom. The maximum absolute atomic E-state index is 9.63. The second kappa shape index (κ2) is 9.04. The van der Waals surface area contributed by atoms with E-state index in [4.69, 9.17) is 4.74 Å². The van der Waals surface area contributed by atoms with Gasteiger partial charge in [0, 0.05) is 24.5 Å². The number of benzene rings is 3. The number of aliphatic hydroxyl groups is 1. The van der Waals surface area contributed by atoms with Gasteiger partial charge < -0.3 is 9.84 Å². The molecule has 0 saturated heterocycles. The van der Waals surface area contributed by atoms with Crippen molar-refractivity contribution in [2.45, 2.75) is 44.2 Å². The molecule has 3 nitrogen and oxygen atoms in total. The summed E-state index contributed by atoms with van der Waals surface area (Å²) < 4.78 is 6.09. The van der Waals surface area contributed by atoms with E-state index in [2.05, 4.69) is 53.6 Å². The first-order valence-corrected chi connectivity index (χ1v) is 11.2. The largest absolute Gasteiger partial charge is 0.488 e. The van der Waals surface area contributed by atoms with Crippen LogP contribution in [0.2, 0.25) is 0 Å². The molecule has 0 saturated carbocycles. The zero-order valence-corrected chi connectivity index (χ0v) is 17.8. The molecule has 1 N–H and O–H groups in total. The van der Waals surface area contributed by atoms with Crippen LogP contribution in [-0.4, -0.2) is 16.3 Å². The minimum absolute atomic E-state index is 0.441. The third-order valence-corrected chi connectivity index (χ3v) is 6.16. The van der Waals surface area contributed by atoms with Crippen molar-refractivity contribution in [3.05, 3.63) is 94.5 Å². The molecule has 1 heterocycles. The topological polar surface area (TPSA) is 32.7 Å². The molecule has 3 aromatic carbocycles. The monoisotopic (exact) mass is 405 g/mol. The molecule has 0 amide bonds. The van der Waals surface area contributed by atoms with E-state index >= 15 is 0 Å². The Bertz CT molecular complexity index is 944. The van der Waals surface area contributed by atoms with Crippen LogP contribution in [0.4, 0.5) is 0 Å². The van der Waals surface area contributed by atoms with Gasteiger partial charge in [-0.15, -0.1) is 11.8 Å². The van der Waals surface area contributed by atoms with Crippen LogP contribution < -0.4 is 4.74 Å². The number of aliphatic hydroxyl groups excluding tert-OH is 1. The summed E-state index contributed by atoms with van der Waals surface area (Å²) >= 11 is 1.72. The summed E-state index contributed by atoms with van der Waals surface area (Å²) in [6.45, 7) is 5.29. The second-order valence-corrected chi connectivity index (χ2v) is 8.45. The van der Waals surface area contributed by atoms with E-state index < -0.39 is 6.10 Å². The van der Waals surface area contributed by atoms with Gasteiger partial charge in [-0.2, -0.15) is 0 Å². The number of ether oxygens (including phenoxy) is 1. The zero-order chi connectivity index (χ0) is 20.2. The lowest BCUT2D eigenvalue weighted by molar-refractivity contribution is 0.199. The minimum Gasteiger partial charge on any atom is -0.488 e.